The molecule has 1 aromatic carbocycles. The molecule has 0 fully saturated rings. The number of benzene rings is 1. The summed E-state index contributed by atoms with van der Waals surface area (Å²) >= 11 is 6.11. The predicted molar refractivity (Wildman–Crippen MR) is 79.4 cm³/mol. The number of hydrogen-bond acceptors (Lipinski definition) is 4. The number of methoxy groups -OCH3 is 2. The van der Waals surface area contributed by atoms with Crippen molar-refractivity contribution in [3.8, 4) is 11.5 Å². The first-order chi connectivity index (χ1) is 9.65. The molecule has 0 aliphatic carbocycles. The molecule has 2 rings (SSSR count). The van der Waals surface area contributed by atoms with Crippen molar-refractivity contribution in [1.29, 1.82) is 0 Å². The maximum absolute atomic E-state index is 6.26. The minimum absolute atomic E-state index is 0.212. The van der Waals surface area contributed by atoms with E-state index in [0.717, 1.165) is 16.9 Å². The van der Waals surface area contributed by atoms with Crippen molar-refractivity contribution in [2.24, 2.45) is 5.73 Å². The van der Waals surface area contributed by atoms with Crippen LogP contribution in [0.4, 0.5) is 0 Å². The third-order valence-electron chi connectivity index (χ3n) is 3.14. The van der Waals surface area contributed by atoms with Crippen molar-refractivity contribution < 1.29 is 9.47 Å². The smallest absolute Gasteiger partial charge is 0.127 e. The van der Waals surface area contributed by atoms with Gasteiger partial charge in [0.1, 0.15) is 11.5 Å². The Balaban J connectivity index is 2.25. The van der Waals surface area contributed by atoms with Gasteiger partial charge >= 0.3 is 0 Å². The second-order valence-electron chi connectivity index (χ2n) is 4.39. The van der Waals surface area contributed by atoms with Gasteiger partial charge < -0.3 is 15.2 Å². The molecule has 1 atom stereocenters. The van der Waals surface area contributed by atoms with E-state index < -0.39 is 0 Å². The predicted octanol–water partition coefficient (Wildman–Crippen LogP) is 2.99. The number of rotatable bonds is 5. The Morgan fingerprint density at radius 1 is 1.25 bits per heavy atom. The molecule has 0 amide bonds. The van der Waals surface area contributed by atoms with Crippen molar-refractivity contribution >= 4 is 11.6 Å². The molecule has 1 heterocycles. The highest BCUT2D eigenvalue weighted by Gasteiger charge is 2.15. The van der Waals surface area contributed by atoms with Crippen LogP contribution in [0, 0.1) is 0 Å². The van der Waals surface area contributed by atoms with E-state index in [2.05, 4.69) is 4.98 Å². The van der Waals surface area contributed by atoms with Gasteiger partial charge in [-0.1, -0.05) is 17.7 Å². The number of nitrogens with zero attached hydrogens (tertiary/aromatic N) is 1. The van der Waals surface area contributed by atoms with E-state index in [0.29, 0.717) is 17.2 Å². The first kappa shape index (κ1) is 14.6. The molecule has 2 N–H and O–H groups in total. The molecule has 1 aromatic heterocycles. The zero-order chi connectivity index (χ0) is 14.5. The molecule has 0 saturated carbocycles. The van der Waals surface area contributed by atoms with Gasteiger partial charge in [-0.2, -0.15) is 0 Å². The van der Waals surface area contributed by atoms with Crippen LogP contribution in [0.2, 0.25) is 5.02 Å². The summed E-state index contributed by atoms with van der Waals surface area (Å²) in [4.78, 5) is 3.97. The number of pyridine rings is 1. The molecule has 0 saturated heterocycles. The van der Waals surface area contributed by atoms with Crippen molar-refractivity contribution in [3.05, 3.63) is 52.8 Å². The molecule has 0 radical (unpaired) electrons. The fourth-order valence-electron chi connectivity index (χ4n) is 2.04. The third kappa shape index (κ3) is 3.21. The van der Waals surface area contributed by atoms with Crippen LogP contribution in [0.15, 0.2) is 36.7 Å². The molecular formula is C15H17ClN2O2. The van der Waals surface area contributed by atoms with Gasteiger partial charge in [-0.3, -0.25) is 4.98 Å². The molecule has 2 aromatic rings. The van der Waals surface area contributed by atoms with Gasteiger partial charge in [-0.15, -0.1) is 0 Å². The zero-order valence-electron chi connectivity index (χ0n) is 11.5. The van der Waals surface area contributed by atoms with Crippen molar-refractivity contribution in [3.63, 3.8) is 0 Å². The van der Waals surface area contributed by atoms with Gasteiger partial charge in [0.2, 0.25) is 0 Å². The first-order valence-corrected chi connectivity index (χ1v) is 6.59. The molecule has 1 unspecified atom stereocenters. The Kier molecular flexibility index (Phi) is 4.82. The van der Waals surface area contributed by atoms with Gasteiger partial charge in [0, 0.05) is 30.1 Å². The number of aromatic nitrogens is 1. The molecule has 0 spiro atoms. The second-order valence-corrected chi connectivity index (χ2v) is 4.79. The molecule has 0 aliphatic heterocycles. The van der Waals surface area contributed by atoms with Crippen LogP contribution in [0.25, 0.3) is 0 Å². The summed E-state index contributed by atoms with van der Waals surface area (Å²) in [6, 6.07) is 7.26. The Bertz CT molecular complexity index is 590. The lowest BCUT2D eigenvalue weighted by Gasteiger charge is -2.17. The fraction of sp³-hybridized carbons (Fsp3) is 0.267. The lowest BCUT2D eigenvalue weighted by molar-refractivity contribution is 0.388. The summed E-state index contributed by atoms with van der Waals surface area (Å²) in [6.45, 7) is 0. The molecule has 106 valence electrons. The minimum atomic E-state index is -0.212. The Labute approximate surface area is 123 Å². The topological polar surface area (TPSA) is 57.4 Å². The molecule has 4 nitrogen and oxygen atoms in total. The maximum Gasteiger partial charge on any atom is 0.127 e. The Morgan fingerprint density at radius 3 is 2.70 bits per heavy atom. The quantitative estimate of drug-likeness (QED) is 0.920. The maximum atomic E-state index is 6.26. The molecular weight excluding hydrogens is 276 g/mol. The van der Waals surface area contributed by atoms with E-state index in [-0.39, 0.29) is 6.04 Å². The minimum Gasteiger partial charge on any atom is -0.497 e. The lowest BCUT2D eigenvalue weighted by Crippen LogP contribution is -2.14. The van der Waals surface area contributed by atoms with Gasteiger partial charge in [0.05, 0.1) is 19.2 Å². The van der Waals surface area contributed by atoms with Crippen LogP contribution in [-0.2, 0) is 6.42 Å². The molecule has 20 heavy (non-hydrogen) atoms. The van der Waals surface area contributed by atoms with Crippen LogP contribution < -0.4 is 15.2 Å². The number of nitrogens with two attached hydrogens (primary N) is 1. The van der Waals surface area contributed by atoms with Crippen LogP contribution in [0.5, 0.6) is 11.5 Å². The normalized spacial score (nSPS) is 12.0. The van der Waals surface area contributed by atoms with Crippen molar-refractivity contribution in [1.82, 2.24) is 4.98 Å². The molecule has 0 bridgehead atoms. The standard InChI is InChI=1S/C15H17ClN2O2/c1-19-11-3-4-12(15(8-11)20-2)14(17)7-10-5-6-18-9-13(10)16/h3-6,8-9,14H,7,17H2,1-2H3. The summed E-state index contributed by atoms with van der Waals surface area (Å²) in [7, 11) is 3.23. The largest absolute Gasteiger partial charge is 0.497 e. The summed E-state index contributed by atoms with van der Waals surface area (Å²) in [5.74, 6) is 1.45. The van der Waals surface area contributed by atoms with Crippen LogP contribution >= 0.6 is 11.6 Å². The van der Waals surface area contributed by atoms with Gasteiger partial charge in [0.15, 0.2) is 0 Å². The van der Waals surface area contributed by atoms with Crippen LogP contribution in [-0.4, -0.2) is 19.2 Å². The summed E-state index contributed by atoms with van der Waals surface area (Å²) in [6.07, 6.45) is 3.94. The highest BCUT2D eigenvalue weighted by atomic mass is 35.5. The van der Waals surface area contributed by atoms with Crippen LogP contribution in [0.1, 0.15) is 17.2 Å². The fourth-order valence-corrected chi connectivity index (χ4v) is 2.24. The molecule has 5 heteroatoms. The monoisotopic (exact) mass is 292 g/mol. The number of hydrogen-bond donors (Lipinski definition) is 1. The van der Waals surface area contributed by atoms with Crippen LogP contribution in [0.3, 0.4) is 0 Å². The SMILES string of the molecule is COc1ccc(C(N)Cc2ccncc2Cl)c(OC)c1. The van der Waals surface area contributed by atoms with Gasteiger partial charge in [-0.05, 0) is 24.1 Å². The Morgan fingerprint density at radius 2 is 2.05 bits per heavy atom. The van der Waals surface area contributed by atoms with E-state index >= 15 is 0 Å². The zero-order valence-corrected chi connectivity index (χ0v) is 12.2. The highest BCUT2D eigenvalue weighted by Crippen LogP contribution is 2.31. The number of ether oxygens (including phenoxy) is 2. The second kappa shape index (κ2) is 6.59. The summed E-state index contributed by atoms with van der Waals surface area (Å²) in [5, 5.41) is 0.621. The third-order valence-corrected chi connectivity index (χ3v) is 3.48. The first-order valence-electron chi connectivity index (χ1n) is 6.21. The van der Waals surface area contributed by atoms with E-state index in [1.165, 1.54) is 0 Å². The lowest BCUT2D eigenvalue weighted by atomic mass is 9.99. The van der Waals surface area contributed by atoms with E-state index in [1.54, 1.807) is 26.6 Å². The van der Waals surface area contributed by atoms with E-state index in [9.17, 15) is 0 Å². The molecule has 0 aliphatic rings. The summed E-state index contributed by atoms with van der Waals surface area (Å²) in [5.41, 5.74) is 8.15. The highest BCUT2D eigenvalue weighted by molar-refractivity contribution is 6.31. The van der Waals surface area contributed by atoms with E-state index in [4.69, 9.17) is 26.8 Å². The van der Waals surface area contributed by atoms with Crippen molar-refractivity contribution in [2.45, 2.75) is 12.5 Å². The number of halogens is 1. The average Bonchev–Trinajstić information content (AvgIpc) is 2.48. The average molecular weight is 293 g/mol. The van der Waals surface area contributed by atoms with E-state index in [1.807, 2.05) is 24.3 Å². The Hall–Kier alpha value is -1.78. The summed E-state index contributed by atoms with van der Waals surface area (Å²) < 4.78 is 10.6. The van der Waals surface area contributed by atoms with Gasteiger partial charge in [-0.25, -0.2) is 0 Å². The van der Waals surface area contributed by atoms with Crippen molar-refractivity contribution in [2.75, 3.05) is 14.2 Å². The van der Waals surface area contributed by atoms with Gasteiger partial charge in [0.25, 0.3) is 0 Å².